The molecule has 7 heteroatoms. The van der Waals surface area contributed by atoms with E-state index in [4.69, 9.17) is 4.74 Å². The van der Waals surface area contributed by atoms with Crippen molar-refractivity contribution in [1.29, 1.82) is 0 Å². The van der Waals surface area contributed by atoms with Crippen LogP contribution in [0.25, 0.3) is 0 Å². The Labute approximate surface area is 128 Å². The average molecular weight is 301 g/mol. The van der Waals surface area contributed by atoms with Gasteiger partial charge in [-0.3, -0.25) is 9.78 Å². The van der Waals surface area contributed by atoms with Gasteiger partial charge < -0.3 is 4.74 Å². The van der Waals surface area contributed by atoms with Crippen molar-refractivity contribution in [3.05, 3.63) is 45.9 Å². The third kappa shape index (κ3) is 4.15. The minimum atomic E-state index is -0.291. The lowest BCUT2D eigenvalue weighted by atomic mass is 10.1. The molecule has 1 aromatic heterocycles. The average Bonchev–Trinajstić information content (AvgIpc) is 2.48. The second-order valence-corrected chi connectivity index (χ2v) is 5.09. The molecule has 116 valence electrons. The van der Waals surface area contributed by atoms with E-state index in [0.29, 0.717) is 5.69 Å². The highest BCUT2D eigenvalue weighted by molar-refractivity contribution is 5.99. The molecule has 0 radical (unpaired) electrons. The van der Waals surface area contributed by atoms with E-state index < -0.39 is 0 Å². The summed E-state index contributed by atoms with van der Waals surface area (Å²) in [6.07, 6.45) is 0.138. The van der Waals surface area contributed by atoms with Crippen molar-refractivity contribution in [2.24, 2.45) is 5.10 Å². The molecule has 0 aliphatic carbocycles. The van der Waals surface area contributed by atoms with Gasteiger partial charge in [0, 0.05) is 0 Å². The Morgan fingerprint density at radius 2 is 1.95 bits per heavy atom. The van der Waals surface area contributed by atoms with E-state index >= 15 is 0 Å². The van der Waals surface area contributed by atoms with E-state index in [0.717, 1.165) is 17.0 Å². The third-order valence-electron chi connectivity index (χ3n) is 2.83. The van der Waals surface area contributed by atoms with Gasteiger partial charge in [-0.05, 0) is 57.5 Å². The van der Waals surface area contributed by atoms with Crippen LogP contribution in [0.1, 0.15) is 32.0 Å². The van der Waals surface area contributed by atoms with E-state index in [1.807, 2.05) is 45.0 Å². The molecular weight excluding hydrogens is 282 g/mol. The molecule has 0 bridgehead atoms. The van der Waals surface area contributed by atoms with Crippen molar-refractivity contribution >= 4 is 11.7 Å². The first kappa shape index (κ1) is 15.7. The number of nitrogens with one attached hydrogen (secondary N) is 2. The minimum absolute atomic E-state index is 0.138. The van der Waals surface area contributed by atoms with Gasteiger partial charge in [0.25, 0.3) is 5.56 Å². The van der Waals surface area contributed by atoms with E-state index in [1.54, 1.807) is 6.92 Å². The van der Waals surface area contributed by atoms with Gasteiger partial charge >= 0.3 is 0 Å². The fourth-order valence-corrected chi connectivity index (χ4v) is 1.69. The molecule has 0 spiro atoms. The number of aromatic amines is 1. The Hall–Kier alpha value is -2.70. The molecule has 0 aliphatic rings. The minimum Gasteiger partial charge on any atom is -0.491 e. The molecule has 22 heavy (non-hydrogen) atoms. The van der Waals surface area contributed by atoms with Gasteiger partial charge in [0.1, 0.15) is 11.4 Å². The topological polar surface area (TPSA) is 92.3 Å². The van der Waals surface area contributed by atoms with Gasteiger partial charge in [-0.1, -0.05) is 0 Å². The number of H-pyrrole nitrogens is 1. The van der Waals surface area contributed by atoms with E-state index in [2.05, 4.69) is 25.7 Å². The number of nitrogens with zero attached hydrogens (tertiary/aromatic N) is 3. The van der Waals surface area contributed by atoms with Gasteiger partial charge in [-0.25, -0.2) is 5.43 Å². The molecule has 1 heterocycles. The Bertz CT molecular complexity index is 719. The number of hydrogen-bond acceptors (Lipinski definition) is 6. The SMILES string of the molecule is C/C(=N/Nc1nnc(C)c(=O)[nH]1)c1ccc(OC(C)C)cc1. The molecule has 2 aromatic rings. The fraction of sp³-hybridized carbons (Fsp3) is 0.333. The summed E-state index contributed by atoms with van der Waals surface area (Å²) < 4.78 is 5.59. The van der Waals surface area contributed by atoms with Crippen LogP contribution in [0.5, 0.6) is 5.75 Å². The maximum atomic E-state index is 11.4. The van der Waals surface area contributed by atoms with Crippen LogP contribution in [-0.2, 0) is 0 Å². The molecular formula is C15H19N5O2. The summed E-state index contributed by atoms with van der Waals surface area (Å²) in [5.41, 5.74) is 4.39. The zero-order valence-corrected chi connectivity index (χ0v) is 13.0. The third-order valence-corrected chi connectivity index (χ3v) is 2.83. The second-order valence-electron chi connectivity index (χ2n) is 5.09. The van der Waals surface area contributed by atoms with Crippen molar-refractivity contribution in [1.82, 2.24) is 15.2 Å². The van der Waals surface area contributed by atoms with Crippen LogP contribution in [0.4, 0.5) is 5.95 Å². The van der Waals surface area contributed by atoms with Crippen molar-refractivity contribution in [2.75, 3.05) is 5.43 Å². The standard InChI is InChI=1S/C15H19N5O2/c1-9(2)22-13-7-5-12(6-8-13)10(3)17-19-15-16-14(21)11(4)18-20-15/h5-9H,1-4H3,(H2,16,19,20,21)/b17-10-. The number of anilines is 1. The number of aryl methyl sites for hydroxylation is 1. The summed E-state index contributed by atoms with van der Waals surface area (Å²) in [6.45, 7) is 7.40. The monoisotopic (exact) mass is 301 g/mol. The number of hydrogen-bond donors (Lipinski definition) is 2. The summed E-state index contributed by atoms with van der Waals surface area (Å²) in [5.74, 6) is 1.02. The first-order valence-corrected chi connectivity index (χ1v) is 6.96. The Morgan fingerprint density at radius 3 is 2.55 bits per heavy atom. The van der Waals surface area contributed by atoms with E-state index in [1.165, 1.54) is 0 Å². The van der Waals surface area contributed by atoms with Crippen LogP contribution in [0.2, 0.25) is 0 Å². The molecule has 0 saturated heterocycles. The summed E-state index contributed by atoms with van der Waals surface area (Å²) in [4.78, 5) is 14.0. The van der Waals surface area contributed by atoms with Crippen molar-refractivity contribution in [2.45, 2.75) is 33.8 Å². The van der Waals surface area contributed by atoms with Crippen molar-refractivity contribution in [3.63, 3.8) is 0 Å². The number of aromatic nitrogens is 3. The highest BCUT2D eigenvalue weighted by Crippen LogP contribution is 2.14. The van der Waals surface area contributed by atoms with E-state index in [9.17, 15) is 4.79 Å². The lowest BCUT2D eigenvalue weighted by Crippen LogP contribution is -2.16. The van der Waals surface area contributed by atoms with Gasteiger partial charge in [0.05, 0.1) is 11.8 Å². The van der Waals surface area contributed by atoms with Gasteiger partial charge in [-0.2, -0.15) is 5.10 Å². The largest absolute Gasteiger partial charge is 0.491 e. The Balaban J connectivity index is 2.08. The predicted molar refractivity (Wildman–Crippen MR) is 85.4 cm³/mol. The maximum absolute atomic E-state index is 11.4. The molecule has 0 amide bonds. The van der Waals surface area contributed by atoms with Crippen molar-refractivity contribution in [3.8, 4) is 5.75 Å². The molecule has 1 aromatic carbocycles. The zero-order chi connectivity index (χ0) is 16.1. The van der Waals surface area contributed by atoms with Gasteiger partial charge in [-0.15, -0.1) is 10.2 Å². The molecule has 0 atom stereocenters. The van der Waals surface area contributed by atoms with Crippen LogP contribution in [0.3, 0.4) is 0 Å². The molecule has 0 aliphatic heterocycles. The Kier molecular flexibility index (Phi) is 4.88. The summed E-state index contributed by atoms with van der Waals surface area (Å²) in [6, 6.07) is 7.62. The molecule has 0 fully saturated rings. The quantitative estimate of drug-likeness (QED) is 0.651. The van der Waals surface area contributed by atoms with E-state index in [-0.39, 0.29) is 17.6 Å². The lowest BCUT2D eigenvalue weighted by Gasteiger charge is -2.10. The van der Waals surface area contributed by atoms with Crippen LogP contribution >= 0.6 is 0 Å². The van der Waals surface area contributed by atoms with Crippen molar-refractivity contribution < 1.29 is 4.74 Å². The van der Waals surface area contributed by atoms with Crippen LogP contribution in [0.15, 0.2) is 34.2 Å². The number of ether oxygens (including phenoxy) is 1. The van der Waals surface area contributed by atoms with Gasteiger partial charge in [0.2, 0.25) is 5.95 Å². The smallest absolute Gasteiger partial charge is 0.274 e. The van der Waals surface area contributed by atoms with Gasteiger partial charge in [0.15, 0.2) is 0 Å². The molecule has 2 rings (SSSR count). The fourth-order valence-electron chi connectivity index (χ4n) is 1.69. The molecule has 2 N–H and O–H groups in total. The number of hydrazone groups is 1. The summed E-state index contributed by atoms with van der Waals surface area (Å²) >= 11 is 0. The Morgan fingerprint density at radius 1 is 1.27 bits per heavy atom. The first-order valence-electron chi connectivity index (χ1n) is 6.96. The van der Waals surface area contributed by atoms with Crippen LogP contribution < -0.4 is 15.7 Å². The summed E-state index contributed by atoms with van der Waals surface area (Å²) in [5, 5.41) is 11.7. The summed E-state index contributed by atoms with van der Waals surface area (Å²) in [7, 11) is 0. The first-order chi connectivity index (χ1) is 10.5. The normalized spacial score (nSPS) is 11.6. The predicted octanol–water partition coefficient (Wildman–Crippen LogP) is 2.10. The zero-order valence-electron chi connectivity index (χ0n) is 13.0. The maximum Gasteiger partial charge on any atom is 0.274 e. The second kappa shape index (κ2) is 6.84. The molecule has 0 unspecified atom stereocenters. The van der Waals surface area contributed by atoms with Crippen LogP contribution in [0, 0.1) is 6.92 Å². The highest BCUT2D eigenvalue weighted by atomic mass is 16.5. The number of rotatable bonds is 5. The number of benzene rings is 1. The lowest BCUT2D eigenvalue weighted by molar-refractivity contribution is 0.242. The van der Waals surface area contributed by atoms with Crippen LogP contribution in [-0.4, -0.2) is 27.0 Å². The molecule has 0 saturated carbocycles. The molecule has 7 nitrogen and oxygen atoms in total. The highest BCUT2D eigenvalue weighted by Gasteiger charge is 2.02.